The SMILES string of the molecule is COCCN(CCOC)Cc1c(O)cc(C)c2c1O/C(=C\c1ccncc1)C2=O. The van der Waals surface area contributed by atoms with Gasteiger partial charge in [-0.2, -0.15) is 0 Å². The number of ketones is 1. The number of aromatic nitrogens is 1. The molecule has 0 unspecified atom stereocenters. The second-order valence-corrected chi connectivity index (χ2v) is 6.88. The molecular formula is C22H26N2O5. The number of phenolic OH excluding ortho intramolecular Hbond substituents is 1. The molecule has 3 rings (SSSR count). The second-order valence-electron chi connectivity index (χ2n) is 6.88. The van der Waals surface area contributed by atoms with Crippen molar-refractivity contribution in [2.24, 2.45) is 0 Å². The van der Waals surface area contributed by atoms with Crippen LogP contribution < -0.4 is 4.74 Å². The molecule has 1 aromatic carbocycles. The van der Waals surface area contributed by atoms with Crippen LogP contribution in [0, 0.1) is 6.92 Å². The van der Waals surface area contributed by atoms with Crippen LogP contribution in [-0.4, -0.2) is 61.3 Å². The number of hydrogen-bond donors (Lipinski definition) is 1. The van der Waals surface area contributed by atoms with Gasteiger partial charge in [-0.25, -0.2) is 0 Å². The molecule has 0 fully saturated rings. The monoisotopic (exact) mass is 398 g/mol. The van der Waals surface area contributed by atoms with Crippen molar-refractivity contribution in [3.05, 3.63) is 58.6 Å². The van der Waals surface area contributed by atoms with Crippen LogP contribution in [0.4, 0.5) is 0 Å². The number of carbonyl (C=O) groups is 1. The molecule has 0 amide bonds. The van der Waals surface area contributed by atoms with E-state index in [-0.39, 0.29) is 17.3 Å². The molecule has 7 heteroatoms. The number of pyridine rings is 1. The van der Waals surface area contributed by atoms with E-state index in [1.807, 2.05) is 0 Å². The Morgan fingerprint density at radius 1 is 1.17 bits per heavy atom. The summed E-state index contributed by atoms with van der Waals surface area (Å²) in [5.41, 5.74) is 2.59. The highest BCUT2D eigenvalue weighted by molar-refractivity contribution is 6.15. The quantitative estimate of drug-likeness (QED) is 0.651. The normalized spacial score (nSPS) is 14.5. The first kappa shape index (κ1) is 21.0. The third kappa shape index (κ3) is 4.82. The van der Waals surface area contributed by atoms with E-state index in [4.69, 9.17) is 14.2 Å². The number of rotatable bonds is 9. The van der Waals surface area contributed by atoms with Crippen LogP contribution in [0.1, 0.15) is 27.0 Å². The minimum Gasteiger partial charge on any atom is -0.507 e. The zero-order valence-corrected chi connectivity index (χ0v) is 17.0. The Kier molecular flexibility index (Phi) is 6.98. The van der Waals surface area contributed by atoms with E-state index in [1.54, 1.807) is 57.8 Å². The molecule has 0 aliphatic carbocycles. The summed E-state index contributed by atoms with van der Waals surface area (Å²) in [5.74, 6) is 0.587. The van der Waals surface area contributed by atoms with Crippen LogP contribution in [-0.2, 0) is 16.0 Å². The van der Waals surface area contributed by atoms with E-state index in [9.17, 15) is 9.90 Å². The van der Waals surface area contributed by atoms with E-state index in [0.29, 0.717) is 55.3 Å². The summed E-state index contributed by atoms with van der Waals surface area (Å²) in [6, 6.07) is 5.22. The lowest BCUT2D eigenvalue weighted by Crippen LogP contribution is -2.30. The van der Waals surface area contributed by atoms with Crippen LogP contribution in [0.5, 0.6) is 11.5 Å². The Labute approximate surface area is 170 Å². The standard InChI is InChI=1S/C22H26N2O5/c1-15-12-18(25)17(14-24(8-10-27-2)9-11-28-3)22-20(15)21(26)19(29-22)13-16-4-6-23-7-5-16/h4-7,12-13,25H,8-11,14H2,1-3H3/b19-13-. The van der Waals surface area contributed by atoms with Gasteiger partial charge in [-0.15, -0.1) is 0 Å². The molecule has 1 aromatic heterocycles. The maximum absolute atomic E-state index is 13.0. The molecule has 2 aromatic rings. The van der Waals surface area contributed by atoms with Crippen LogP contribution in [0.3, 0.4) is 0 Å². The number of methoxy groups -OCH3 is 2. The minimum atomic E-state index is -0.184. The maximum atomic E-state index is 13.0. The number of nitrogens with zero attached hydrogens (tertiary/aromatic N) is 2. The number of benzene rings is 1. The molecule has 0 spiro atoms. The van der Waals surface area contributed by atoms with E-state index in [0.717, 1.165) is 5.56 Å². The van der Waals surface area contributed by atoms with Crippen LogP contribution in [0.2, 0.25) is 0 Å². The number of hydrogen-bond acceptors (Lipinski definition) is 7. The van der Waals surface area contributed by atoms with E-state index in [2.05, 4.69) is 9.88 Å². The predicted molar refractivity (Wildman–Crippen MR) is 109 cm³/mol. The minimum absolute atomic E-state index is 0.110. The zero-order valence-electron chi connectivity index (χ0n) is 17.0. The van der Waals surface area contributed by atoms with Gasteiger partial charge in [-0.1, -0.05) is 0 Å². The fourth-order valence-electron chi connectivity index (χ4n) is 3.28. The highest BCUT2D eigenvalue weighted by atomic mass is 16.5. The van der Waals surface area contributed by atoms with Gasteiger partial charge >= 0.3 is 0 Å². The number of aryl methyl sites for hydroxylation is 1. The summed E-state index contributed by atoms with van der Waals surface area (Å²) in [5, 5.41) is 10.6. The largest absolute Gasteiger partial charge is 0.507 e. The molecule has 0 saturated carbocycles. The Hall–Kier alpha value is -2.74. The second kappa shape index (κ2) is 9.65. The Morgan fingerprint density at radius 3 is 2.45 bits per heavy atom. The number of allylic oxidation sites excluding steroid dienone is 1. The molecular weight excluding hydrogens is 372 g/mol. The molecule has 29 heavy (non-hydrogen) atoms. The summed E-state index contributed by atoms with van der Waals surface area (Å²) in [6.07, 6.45) is 5.01. The van der Waals surface area contributed by atoms with Gasteiger partial charge in [0.15, 0.2) is 5.76 Å². The smallest absolute Gasteiger partial charge is 0.232 e. The van der Waals surface area contributed by atoms with Crippen molar-refractivity contribution >= 4 is 11.9 Å². The van der Waals surface area contributed by atoms with Gasteiger partial charge in [-0.05, 0) is 42.3 Å². The molecule has 0 bridgehead atoms. The topological polar surface area (TPSA) is 81.1 Å². The lowest BCUT2D eigenvalue weighted by atomic mass is 9.99. The molecule has 2 heterocycles. The number of aromatic hydroxyl groups is 1. The fourth-order valence-corrected chi connectivity index (χ4v) is 3.28. The fraction of sp³-hybridized carbons (Fsp3) is 0.364. The molecule has 1 N–H and O–H groups in total. The number of carbonyl (C=O) groups excluding carboxylic acids is 1. The van der Waals surface area contributed by atoms with Gasteiger partial charge in [0.2, 0.25) is 5.78 Å². The average molecular weight is 398 g/mol. The number of ether oxygens (including phenoxy) is 3. The summed E-state index contributed by atoms with van der Waals surface area (Å²) >= 11 is 0. The summed E-state index contributed by atoms with van der Waals surface area (Å²) in [7, 11) is 3.29. The summed E-state index contributed by atoms with van der Waals surface area (Å²) < 4.78 is 16.3. The highest BCUT2D eigenvalue weighted by Crippen LogP contribution is 2.42. The third-order valence-electron chi connectivity index (χ3n) is 4.83. The molecule has 0 atom stereocenters. The first-order valence-electron chi connectivity index (χ1n) is 9.45. The molecule has 0 saturated heterocycles. The van der Waals surface area contributed by atoms with Crippen molar-refractivity contribution in [1.29, 1.82) is 0 Å². The molecule has 154 valence electrons. The van der Waals surface area contributed by atoms with Crippen LogP contribution >= 0.6 is 0 Å². The van der Waals surface area contributed by atoms with Gasteiger partial charge in [0.05, 0.1) is 24.3 Å². The summed E-state index contributed by atoms with van der Waals surface area (Å²) in [6.45, 7) is 4.63. The van der Waals surface area contributed by atoms with Gasteiger partial charge in [0.25, 0.3) is 0 Å². The van der Waals surface area contributed by atoms with Crippen molar-refractivity contribution in [1.82, 2.24) is 9.88 Å². The maximum Gasteiger partial charge on any atom is 0.232 e. The van der Waals surface area contributed by atoms with Crippen LogP contribution in [0.15, 0.2) is 36.4 Å². The lowest BCUT2D eigenvalue weighted by Gasteiger charge is -2.23. The molecule has 1 aliphatic rings. The third-order valence-corrected chi connectivity index (χ3v) is 4.83. The number of fused-ring (bicyclic) bond motifs is 1. The number of Topliss-reactive ketones (excluding diaryl/α,β-unsaturated/α-hetero) is 1. The zero-order chi connectivity index (χ0) is 20.8. The van der Waals surface area contributed by atoms with Gasteiger partial charge in [0.1, 0.15) is 11.5 Å². The Balaban J connectivity index is 1.94. The van der Waals surface area contributed by atoms with E-state index in [1.165, 1.54) is 0 Å². The Bertz CT molecular complexity index is 888. The summed E-state index contributed by atoms with van der Waals surface area (Å²) in [4.78, 5) is 19.1. The van der Waals surface area contributed by atoms with Crippen molar-refractivity contribution in [3.63, 3.8) is 0 Å². The number of phenols is 1. The Morgan fingerprint density at radius 2 is 1.83 bits per heavy atom. The van der Waals surface area contributed by atoms with Crippen molar-refractivity contribution < 1.29 is 24.1 Å². The van der Waals surface area contributed by atoms with Crippen LogP contribution in [0.25, 0.3) is 6.08 Å². The van der Waals surface area contributed by atoms with Crippen molar-refractivity contribution in [2.75, 3.05) is 40.5 Å². The predicted octanol–water partition coefficient (Wildman–Crippen LogP) is 2.81. The molecule has 0 radical (unpaired) electrons. The van der Waals surface area contributed by atoms with Gasteiger partial charge in [-0.3, -0.25) is 14.7 Å². The molecule has 1 aliphatic heterocycles. The van der Waals surface area contributed by atoms with Crippen molar-refractivity contribution in [2.45, 2.75) is 13.5 Å². The van der Waals surface area contributed by atoms with Gasteiger partial charge < -0.3 is 19.3 Å². The van der Waals surface area contributed by atoms with E-state index < -0.39 is 0 Å². The van der Waals surface area contributed by atoms with Crippen molar-refractivity contribution in [3.8, 4) is 11.5 Å². The highest BCUT2D eigenvalue weighted by Gasteiger charge is 2.33. The van der Waals surface area contributed by atoms with E-state index >= 15 is 0 Å². The van der Waals surface area contributed by atoms with Gasteiger partial charge in [0, 0.05) is 46.2 Å². The first-order chi connectivity index (χ1) is 14.0. The molecule has 7 nitrogen and oxygen atoms in total. The first-order valence-corrected chi connectivity index (χ1v) is 9.45. The average Bonchev–Trinajstić information content (AvgIpc) is 3.04. The lowest BCUT2D eigenvalue weighted by molar-refractivity contribution is 0.101.